The molecule has 13 heavy (non-hydrogen) atoms. The lowest BCUT2D eigenvalue weighted by atomic mass is 10.2. The zero-order chi connectivity index (χ0) is 9.14. The van der Waals surface area contributed by atoms with Crippen LogP contribution in [0.25, 0.3) is 0 Å². The predicted molar refractivity (Wildman–Crippen MR) is 50.9 cm³/mol. The normalized spacial score (nSPS) is 9.92. The van der Waals surface area contributed by atoms with Gasteiger partial charge in [0.05, 0.1) is 0 Å². The first-order valence-electron chi connectivity index (χ1n) is 4.56. The second-order valence-electron chi connectivity index (χ2n) is 3.89. The number of hydrogen-bond donors (Lipinski definition) is 0. The highest BCUT2D eigenvalue weighted by molar-refractivity contribution is 5.08. The minimum absolute atomic E-state index is 0. The first-order valence-corrected chi connectivity index (χ1v) is 4.56. The van der Waals surface area contributed by atoms with Crippen LogP contribution in [-0.2, 0) is 6.54 Å². The van der Waals surface area contributed by atoms with E-state index < -0.39 is 0 Å². The molecule has 0 saturated carbocycles. The van der Waals surface area contributed by atoms with Crippen LogP contribution in [0, 0.1) is 19.8 Å². The van der Waals surface area contributed by atoms with Crippen molar-refractivity contribution in [2.24, 2.45) is 5.92 Å². The van der Waals surface area contributed by atoms with Gasteiger partial charge in [-0.15, -0.1) is 0 Å². The van der Waals surface area contributed by atoms with Gasteiger partial charge in [-0.3, -0.25) is 0 Å². The van der Waals surface area contributed by atoms with E-state index in [1.54, 1.807) is 0 Å². The molecule has 1 nitrogen and oxygen atoms in total. The first-order chi connectivity index (χ1) is 5.59. The monoisotopic (exact) mass is 199 g/mol. The van der Waals surface area contributed by atoms with Crippen molar-refractivity contribution in [1.29, 1.82) is 0 Å². The molecule has 0 fully saturated rings. The molecule has 0 atom stereocenters. The number of rotatable bonds is 2. The Hall–Kier alpha value is -0.560. The van der Waals surface area contributed by atoms with Gasteiger partial charge in [-0.05, 0) is 12.5 Å². The van der Waals surface area contributed by atoms with Gasteiger partial charge in [-0.25, -0.2) is 4.57 Å². The van der Waals surface area contributed by atoms with E-state index in [1.807, 2.05) is 0 Å². The number of halogens is 1. The maximum absolute atomic E-state index is 2.30. The molecule has 1 heterocycles. The summed E-state index contributed by atoms with van der Waals surface area (Å²) in [5.41, 5.74) is 2.69. The van der Waals surface area contributed by atoms with Crippen LogP contribution >= 0.6 is 0 Å². The Morgan fingerprint density at radius 1 is 1.31 bits per heavy atom. The third-order valence-corrected chi connectivity index (χ3v) is 1.97. The van der Waals surface area contributed by atoms with Gasteiger partial charge in [-0.2, -0.15) is 0 Å². The SMILES string of the molecule is Cc1cc[n+](CC(C)C)c(C)c1.[Cl-]. The summed E-state index contributed by atoms with van der Waals surface area (Å²) in [6.45, 7) is 9.90. The maximum atomic E-state index is 2.30. The highest BCUT2D eigenvalue weighted by atomic mass is 35.5. The van der Waals surface area contributed by atoms with Crippen molar-refractivity contribution in [3.63, 3.8) is 0 Å². The smallest absolute Gasteiger partial charge is 0.178 e. The number of aromatic nitrogens is 1. The lowest BCUT2D eigenvalue weighted by Gasteiger charge is -2.03. The van der Waals surface area contributed by atoms with Gasteiger partial charge in [0.15, 0.2) is 18.4 Å². The van der Waals surface area contributed by atoms with Crippen molar-refractivity contribution in [3.05, 3.63) is 29.6 Å². The minimum atomic E-state index is 0. The molecule has 0 unspecified atom stereocenters. The van der Waals surface area contributed by atoms with E-state index in [1.165, 1.54) is 11.3 Å². The second-order valence-corrected chi connectivity index (χ2v) is 3.89. The van der Waals surface area contributed by atoms with Crippen molar-refractivity contribution >= 4 is 0 Å². The van der Waals surface area contributed by atoms with Crippen molar-refractivity contribution in [3.8, 4) is 0 Å². The van der Waals surface area contributed by atoms with E-state index in [4.69, 9.17) is 0 Å². The lowest BCUT2D eigenvalue weighted by Crippen LogP contribution is -3.00. The first kappa shape index (κ1) is 12.4. The molecular weight excluding hydrogens is 182 g/mol. The maximum Gasteiger partial charge on any atom is 0.178 e. The molecule has 0 bridgehead atoms. The van der Waals surface area contributed by atoms with Crippen LogP contribution in [0.3, 0.4) is 0 Å². The Bertz CT molecular complexity index is 269. The molecule has 0 aliphatic carbocycles. The molecule has 1 rings (SSSR count). The zero-order valence-corrected chi connectivity index (χ0v) is 9.60. The number of pyridine rings is 1. The highest BCUT2D eigenvalue weighted by Gasteiger charge is 2.07. The topological polar surface area (TPSA) is 3.88 Å². The summed E-state index contributed by atoms with van der Waals surface area (Å²) in [6.07, 6.45) is 2.17. The molecule has 0 N–H and O–H groups in total. The number of hydrogen-bond acceptors (Lipinski definition) is 0. The quantitative estimate of drug-likeness (QED) is 0.552. The molecule has 1 aromatic rings. The van der Waals surface area contributed by atoms with Crippen LogP contribution in [0.1, 0.15) is 25.1 Å². The van der Waals surface area contributed by atoms with E-state index in [-0.39, 0.29) is 12.4 Å². The number of nitrogens with zero attached hydrogens (tertiary/aromatic N) is 1. The third-order valence-electron chi connectivity index (χ3n) is 1.97. The Balaban J connectivity index is 0.00000144. The minimum Gasteiger partial charge on any atom is -1.00 e. The Morgan fingerprint density at radius 2 is 1.92 bits per heavy atom. The van der Waals surface area contributed by atoms with Crippen LogP contribution < -0.4 is 17.0 Å². The van der Waals surface area contributed by atoms with Gasteiger partial charge in [0.2, 0.25) is 0 Å². The van der Waals surface area contributed by atoms with Crippen LogP contribution in [0.2, 0.25) is 0 Å². The Morgan fingerprint density at radius 3 is 2.38 bits per heavy atom. The van der Waals surface area contributed by atoms with Gasteiger partial charge >= 0.3 is 0 Å². The summed E-state index contributed by atoms with van der Waals surface area (Å²) in [5.74, 6) is 0.719. The lowest BCUT2D eigenvalue weighted by molar-refractivity contribution is -0.708. The average Bonchev–Trinajstić information content (AvgIpc) is 1.94. The molecule has 0 aliphatic heterocycles. The van der Waals surface area contributed by atoms with Gasteiger partial charge in [0.1, 0.15) is 0 Å². The molecule has 0 amide bonds. The predicted octanol–water partition coefficient (Wildman–Crippen LogP) is -0.749. The molecule has 2 heteroatoms. The molecular formula is C11H18ClN. The molecule has 0 aromatic carbocycles. The summed E-state index contributed by atoms with van der Waals surface area (Å²) < 4.78 is 2.30. The average molecular weight is 200 g/mol. The summed E-state index contributed by atoms with van der Waals surface area (Å²) in [4.78, 5) is 0. The third kappa shape index (κ3) is 3.77. The van der Waals surface area contributed by atoms with Crippen molar-refractivity contribution in [2.75, 3.05) is 0 Å². The Labute approximate surface area is 87.2 Å². The largest absolute Gasteiger partial charge is 1.00 e. The van der Waals surface area contributed by atoms with Crippen molar-refractivity contribution in [1.82, 2.24) is 0 Å². The second kappa shape index (κ2) is 5.23. The van der Waals surface area contributed by atoms with E-state index >= 15 is 0 Å². The standard InChI is InChI=1S/C11H18N.ClH/c1-9(2)8-12-6-5-10(3)7-11(12)4;/h5-7,9H,8H2,1-4H3;1H/q+1;/p-1. The summed E-state index contributed by atoms with van der Waals surface area (Å²) in [5, 5.41) is 0. The summed E-state index contributed by atoms with van der Waals surface area (Å²) in [7, 11) is 0. The van der Waals surface area contributed by atoms with Gasteiger partial charge in [-0.1, -0.05) is 13.8 Å². The van der Waals surface area contributed by atoms with Crippen LogP contribution in [-0.4, -0.2) is 0 Å². The van der Waals surface area contributed by atoms with E-state index in [0.29, 0.717) is 0 Å². The van der Waals surface area contributed by atoms with E-state index in [2.05, 4.69) is 50.6 Å². The zero-order valence-electron chi connectivity index (χ0n) is 8.84. The van der Waals surface area contributed by atoms with Crippen molar-refractivity contribution < 1.29 is 17.0 Å². The van der Waals surface area contributed by atoms with Crippen LogP contribution in [0.15, 0.2) is 18.3 Å². The van der Waals surface area contributed by atoms with Crippen molar-refractivity contribution in [2.45, 2.75) is 34.2 Å². The highest BCUT2D eigenvalue weighted by Crippen LogP contribution is 1.98. The fraction of sp³-hybridized carbons (Fsp3) is 0.545. The van der Waals surface area contributed by atoms with Crippen LogP contribution in [0.5, 0.6) is 0 Å². The Kier molecular flexibility index (Phi) is 5.01. The molecule has 0 aliphatic rings. The van der Waals surface area contributed by atoms with E-state index in [9.17, 15) is 0 Å². The molecule has 74 valence electrons. The summed E-state index contributed by atoms with van der Waals surface area (Å²) in [6, 6.07) is 4.39. The van der Waals surface area contributed by atoms with Gasteiger partial charge < -0.3 is 12.4 Å². The van der Waals surface area contributed by atoms with E-state index in [0.717, 1.165) is 12.5 Å². The van der Waals surface area contributed by atoms with Gasteiger partial charge in [0, 0.05) is 25.0 Å². The van der Waals surface area contributed by atoms with Crippen LogP contribution in [0.4, 0.5) is 0 Å². The molecule has 1 aromatic heterocycles. The molecule has 0 radical (unpaired) electrons. The fourth-order valence-electron chi connectivity index (χ4n) is 1.38. The summed E-state index contributed by atoms with van der Waals surface area (Å²) >= 11 is 0. The molecule has 0 saturated heterocycles. The fourth-order valence-corrected chi connectivity index (χ4v) is 1.38. The van der Waals surface area contributed by atoms with Gasteiger partial charge in [0.25, 0.3) is 0 Å². The number of aryl methyl sites for hydroxylation is 2. The molecule has 0 spiro atoms.